The summed E-state index contributed by atoms with van der Waals surface area (Å²) in [6.45, 7) is 0. The monoisotopic (exact) mass is 286 g/mol. The molecule has 0 saturated carbocycles. The quantitative estimate of drug-likeness (QED) is 0.908. The lowest BCUT2D eigenvalue weighted by Crippen LogP contribution is -1.98. The second-order valence-electron chi connectivity index (χ2n) is 3.61. The summed E-state index contributed by atoms with van der Waals surface area (Å²) in [6.07, 6.45) is -1.12. The number of aromatic carboxylic acids is 1. The number of carboxylic acid groups (broad SMARTS) is 1. The molecule has 0 amide bonds. The molecule has 0 fully saturated rings. The lowest BCUT2D eigenvalue weighted by atomic mass is 10.1. The second kappa shape index (κ2) is 5.02. The van der Waals surface area contributed by atoms with Crippen molar-refractivity contribution in [2.75, 3.05) is 0 Å². The third-order valence-electron chi connectivity index (χ3n) is 2.31. The first-order valence-electron chi connectivity index (χ1n) is 4.94. The van der Waals surface area contributed by atoms with E-state index in [1.165, 1.54) is 30.3 Å². The first kappa shape index (κ1) is 13.0. The maximum absolute atomic E-state index is 10.7. The molecule has 1 aromatic carbocycles. The highest BCUT2D eigenvalue weighted by Gasteiger charge is 2.18. The highest BCUT2D eigenvalue weighted by molar-refractivity contribution is 6.34. The molecule has 18 heavy (non-hydrogen) atoms. The third-order valence-corrected chi connectivity index (χ3v) is 2.74. The molecule has 1 unspecified atom stereocenters. The van der Waals surface area contributed by atoms with Gasteiger partial charge in [0.15, 0.2) is 0 Å². The van der Waals surface area contributed by atoms with E-state index in [1.807, 2.05) is 0 Å². The summed E-state index contributed by atoms with van der Waals surface area (Å²) in [7, 11) is 0. The minimum Gasteiger partial charge on any atom is -0.475 e. The normalized spacial score (nSPS) is 12.4. The van der Waals surface area contributed by atoms with Crippen LogP contribution in [0.1, 0.15) is 28.0 Å². The van der Waals surface area contributed by atoms with E-state index in [4.69, 9.17) is 32.7 Å². The summed E-state index contributed by atoms with van der Waals surface area (Å²) in [5.41, 5.74) is 0.429. The van der Waals surface area contributed by atoms with Crippen molar-refractivity contribution in [3.8, 4) is 0 Å². The molecule has 1 atom stereocenters. The number of rotatable bonds is 3. The molecular formula is C12H8Cl2O4. The molecule has 2 N–H and O–H groups in total. The Hall–Kier alpha value is -1.49. The molecule has 0 aliphatic carbocycles. The molecule has 0 aliphatic heterocycles. The van der Waals surface area contributed by atoms with Gasteiger partial charge in [-0.1, -0.05) is 23.2 Å². The van der Waals surface area contributed by atoms with Crippen LogP contribution in [0, 0.1) is 0 Å². The van der Waals surface area contributed by atoms with E-state index in [9.17, 15) is 9.90 Å². The molecule has 4 nitrogen and oxygen atoms in total. The number of carbonyl (C=O) groups is 1. The minimum absolute atomic E-state index is 0.116. The van der Waals surface area contributed by atoms with Crippen LogP contribution < -0.4 is 0 Å². The van der Waals surface area contributed by atoms with Crippen molar-refractivity contribution in [1.82, 2.24) is 0 Å². The maximum atomic E-state index is 10.7. The fourth-order valence-electron chi connectivity index (χ4n) is 1.51. The van der Waals surface area contributed by atoms with E-state index in [-0.39, 0.29) is 11.5 Å². The summed E-state index contributed by atoms with van der Waals surface area (Å²) in [6, 6.07) is 7.25. The molecule has 1 heterocycles. The first-order valence-corrected chi connectivity index (χ1v) is 5.70. The van der Waals surface area contributed by atoms with E-state index in [0.717, 1.165) is 0 Å². The molecule has 94 valence electrons. The number of hydrogen-bond donors (Lipinski definition) is 2. The van der Waals surface area contributed by atoms with Crippen molar-refractivity contribution in [3.63, 3.8) is 0 Å². The van der Waals surface area contributed by atoms with Crippen molar-refractivity contribution in [2.24, 2.45) is 0 Å². The molecule has 0 spiro atoms. The van der Waals surface area contributed by atoms with Gasteiger partial charge in [0.2, 0.25) is 5.76 Å². The number of furan rings is 1. The number of halogens is 2. The lowest BCUT2D eigenvalue weighted by molar-refractivity contribution is 0.0655. The average molecular weight is 287 g/mol. The Morgan fingerprint density at radius 1 is 1.17 bits per heavy atom. The topological polar surface area (TPSA) is 70.7 Å². The first-order chi connectivity index (χ1) is 8.47. The molecule has 0 radical (unpaired) electrons. The van der Waals surface area contributed by atoms with Crippen LogP contribution in [0.3, 0.4) is 0 Å². The average Bonchev–Trinajstić information content (AvgIpc) is 2.75. The van der Waals surface area contributed by atoms with Gasteiger partial charge in [-0.05, 0) is 35.9 Å². The fourth-order valence-corrected chi connectivity index (χ4v) is 2.05. The number of carboxylic acids is 1. The molecule has 1 aromatic heterocycles. The number of hydrogen-bond acceptors (Lipinski definition) is 3. The molecular weight excluding hydrogens is 279 g/mol. The minimum atomic E-state index is -1.20. The SMILES string of the molecule is O=C(O)c1ccc(C(O)c2cc(Cl)cc(Cl)c2)o1. The Bertz CT molecular complexity index is 571. The molecule has 2 aromatic rings. The van der Waals surface area contributed by atoms with Crippen LogP contribution in [0.15, 0.2) is 34.7 Å². The van der Waals surface area contributed by atoms with Gasteiger partial charge in [0.1, 0.15) is 11.9 Å². The Labute approximate surface area is 112 Å². The highest BCUT2D eigenvalue weighted by Crippen LogP contribution is 2.28. The van der Waals surface area contributed by atoms with Crippen LogP contribution in [0.4, 0.5) is 0 Å². The molecule has 0 saturated heterocycles. The molecule has 0 bridgehead atoms. The summed E-state index contributed by atoms with van der Waals surface area (Å²) in [5.74, 6) is -1.32. The maximum Gasteiger partial charge on any atom is 0.371 e. The molecule has 6 heteroatoms. The van der Waals surface area contributed by atoms with E-state index < -0.39 is 12.1 Å². The van der Waals surface area contributed by atoms with Gasteiger partial charge in [0, 0.05) is 10.0 Å². The van der Waals surface area contributed by atoms with Crippen LogP contribution in [0.5, 0.6) is 0 Å². The van der Waals surface area contributed by atoms with Crippen LogP contribution >= 0.6 is 23.2 Å². The van der Waals surface area contributed by atoms with Gasteiger partial charge in [0.25, 0.3) is 0 Å². The zero-order chi connectivity index (χ0) is 13.3. The largest absolute Gasteiger partial charge is 0.475 e. The number of aliphatic hydroxyl groups is 1. The van der Waals surface area contributed by atoms with Gasteiger partial charge >= 0.3 is 5.97 Å². The van der Waals surface area contributed by atoms with Gasteiger partial charge < -0.3 is 14.6 Å². The number of benzene rings is 1. The predicted molar refractivity (Wildman–Crippen MR) is 66.2 cm³/mol. The Balaban J connectivity index is 2.34. The second-order valence-corrected chi connectivity index (χ2v) is 4.49. The van der Waals surface area contributed by atoms with Crippen molar-refractivity contribution >= 4 is 29.2 Å². The van der Waals surface area contributed by atoms with E-state index in [0.29, 0.717) is 15.6 Å². The van der Waals surface area contributed by atoms with E-state index in [2.05, 4.69) is 0 Å². The summed E-state index contributed by atoms with van der Waals surface area (Å²) >= 11 is 11.6. The zero-order valence-electron chi connectivity index (χ0n) is 8.93. The van der Waals surface area contributed by atoms with Crippen molar-refractivity contribution < 1.29 is 19.4 Å². The van der Waals surface area contributed by atoms with Gasteiger partial charge in [-0.25, -0.2) is 4.79 Å². The van der Waals surface area contributed by atoms with Crippen molar-refractivity contribution in [3.05, 3.63) is 57.5 Å². The zero-order valence-corrected chi connectivity index (χ0v) is 10.4. The van der Waals surface area contributed by atoms with Gasteiger partial charge in [0.05, 0.1) is 0 Å². The van der Waals surface area contributed by atoms with E-state index >= 15 is 0 Å². The summed E-state index contributed by atoms with van der Waals surface area (Å²) in [4.78, 5) is 10.7. The van der Waals surface area contributed by atoms with Gasteiger partial charge in [-0.3, -0.25) is 0 Å². The summed E-state index contributed by atoms with van der Waals surface area (Å²) in [5, 5.41) is 19.5. The smallest absolute Gasteiger partial charge is 0.371 e. The van der Waals surface area contributed by atoms with Crippen LogP contribution in [0.2, 0.25) is 10.0 Å². The Morgan fingerprint density at radius 2 is 1.78 bits per heavy atom. The highest BCUT2D eigenvalue weighted by atomic mass is 35.5. The van der Waals surface area contributed by atoms with Crippen LogP contribution in [0.25, 0.3) is 0 Å². The lowest BCUT2D eigenvalue weighted by Gasteiger charge is -2.09. The fraction of sp³-hybridized carbons (Fsp3) is 0.0833. The van der Waals surface area contributed by atoms with Gasteiger partial charge in [-0.2, -0.15) is 0 Å². The third kappa shape index (κ3) is 2.67. The molecule has 0 aliphatic rings. The Morgan fingerprint density at radius 3 is 2.28 bits per heavy atom. The summed E-state index contributed by atoms with van der Waals surface area (Å²) < 4.78 is 5.01. The molecule has 2 rings (SSSR count). The van der Waals surface area contributed by atoms with Crippen molar-refractivity contribution in [1.29, 1.82) is 0 Å². The van der Waals surface area contributed by atoms with Crippen LogP contribution in [-0.2, 0) is 0 Å². The van der Waals surface area contributed by atoms with Gasteiger partial charge in [-0.15, -0.1) is 0 Å². The van der Waals surface area contributed by atoms with Crippen LogP contribution in [-0.4, -0.2) is 16.2 Å². The Kier molecular flexibility index (Phi) is 3.61. The number of aliphatic hydroxyl groups excluding tert-OH is 1. The predicted octanol–water partition coefficient (Wildman–Crippen LogP) is 3.37. The standard InChI is InChI=1S/C12H8Cl2O4/c13-7-3-6(4-8(14)5-7)11(15)9-1-2-10(18-9)12(16)17/h1-5,11,15H,(H,16,17). The van der Waals surface area contributed by atoms with E-state index in [1.54, 1.807) is 0 Å². The van der Waals surface area contributed by atoms with Crippen molar-refractivity contribution in [2.45, 2.75) is 6.10 Å².